The van der Waals surface area contributed by atoms with E-state index >= 15 is 0 Å². The molecular weight excluding hydrogens is 169 g/mol. The smallest absolute Gasteiger partial charge is 0.225 e. The summed E-state index contributed by atoms with van der Waals surface area (Å²) in [6.45, 7) is 5.28. The van der Waals surface area contributed by atoms with Gasteiger partial charge in [0.05, 0.1) is 12.4 Å². The van der Waals surface area contributed by atoms with Crippen molar-refractivity contribution in [3.63, 3.8) is 0 Å². The molecule has 13 heavy (non-hydrogen) atoms. The van der Waals surface area contributed by atoms with Crippen molar-refractivity contribution in [3.05, 3.63) is 18.2 Å². The highest BCUT2D eigenvalue weighted by Crippen LogP contribution is 2.27. The largest absolute Gasteiger partial charge is 0.337 e. The van der Waals surface area contributed by atoms with Crippen molar-refractivity contribution in [1.29, 1.82) is 0 Å². The van der Waals surface area contributed by atoms with Crippen LogP contribution in [-0.2, 0) is 0 Å². The van der Waals surface area contributed by atoms with Crippen LogP contribution in [0, 0.1) is 11.7 Å². The van der Waals surface area contributed by atoms with Crippen molar-refractivity contribution < 1.29 is 4.39 Å². The van der Waals surface area contributed by atoms with Gasteiger partial charge in [0.2, 0.25) is 5.95 Å². The Kier molecular flexibility index (Phi) is 1.90. The van der Waals surface area contributed by atoms with E-state index in [2.05, 4.69) is 28.7 Å². The highest BCUT2D eigenvalue weighted by Gasteiger charge is 2.33. The minimum atomic E-state index is -0.384. The van der Waals surface area contributed by atoms with E-state index in [-0.39, 0.29) is 5.82 Å². The third-order valence-electron chi connectivity index (χ3n) is 2.66. The van der Waals surface area contributed by atoms with Crippen molar-refractivity contribution in [1.82, 2.24) is 9.97 Å². The summed E-state index contributed by atoms with van der Waals surface area (Å²) in [5.41, 5.74) is 0. The fourth-order valence-corrected chi connectivity index (χ4v) is 1.52. The first-order valence-electron chi connectivity index (χ1n) is 4.42. The average Bonchev–Trinajstić information content (AvgIpc) is 2.15. The molecule has 1 aromatic heterocycles. The van der Waals surface area contributed by atoms with Gasteiger partial charge in [-0.1, -0.05) is 6.92 Å². The normalized spacial score (nSPS) is 27.2. The molecule has 2 unspecified atom stereocenters. The maximum absolute atomic E-state index is 12.5. The number of nitrogens with zero attached hydrogens (tertiary/aromatic N) is 3. The van der Waals surface area contributed by atoms with Crippen molar-refractivity contribution in [2.75, 3.05) is 11.4 Å². The van der Waals surface area contributed by atoms with Gasteiger partial charge in [0, 0.05) is 12.6 Å². The first-order chi connectivity index (χ1) is 6.18. The predicted octanol–water partition coefficient (Wildman–Crippen LogP) is 1.46. The van der Waals surface area contributed by atoms with E-state index in [1.54, 1.807) is 0 Å². The Morgan fingerprint density at radius 1 is 1.38 bits per heavy atom. The molecule has 1 fully saturated rings. The third kappa shape index (κ3) is 1.36. The van der Waals surface area contributed by atoms with Crippen LogP contribution < -0.4 is 4.90 Å². The summed E-state index contributed by atoms with van der Waals surface area (Å²) in [6, 6.07) is 0.463. The van der Waals surface area contributed by atoms with Gasteiger partial charge in [0.1, 0.15) is 0 Å². The standard InChI is InChI=1S/C9H12FN3/c1-6-5-13(7(6)2)9-11-3-8(10)4-12-9/h3-4,6-7H,5H2,1-2H3. The van der Waals surface area contributed by atoms with Gasteiger partial charge in [0.25, 0.3) is 0 Å². The number of rotatable bonds is 1. The van der Waals surface area contributed by atoms with Gasteiger partial charge in [-0.05, 0) is 12.8 Å². The molecule has 1 aliphatic rings. The molecule has 0 spiro atoms. The number of aromatic nitrogens is 2. The van der Waals surface area contributed by atoms with Crippen molar-refractivity contribution in [3.8, 4) is 0 Å². The van der Waals surface area contributed by atoms with E-state index < -0.39 is 0 Å². The van der Waals surface area contributed by atoms with Crippen molar-refractivity contribution >= 4 is 5.95 Å². The zero-order chi connectivity index (χ0) is 9.42. The van der Waals surface area contributed by atoms with E-state index in [4.69, 9.17) is 0 Å². The van der Waals surface area contributed by atoms with Gasteiger partial charge in [0.15, 0.2) is 5.82 Å². The molecule has 1 aliphatic heterocycles. The van der Waals surface area contributed by atoms with E-state index in [1.165, 1.54) is 12.4 Å². The van der Waals surface area contributed by atoms with Crippen LogP contribution in [0.25, 0.3) is 0 Å². The van der Waals surface area contributed by atoms with Crippen LogP contribution in [0.4, 0.5) is 10.3 Å². The topological polar surface area (TPSA) is 29.0 Å². The Hall–Kier alpha value is -1.19. The average molecular weight is 181 g/mol. The molecule has 0 bridgehead atoms. The van der Waals surface area contributed by atoms with Crippen LogP contribution in [0.5, 0.6) is 0 Å². The lowest BCUT2D eigenvalue weighted by Crippen LogP contribution is -2.54. The molecule has 0 saturated carbocycles. The molecule has 0 aliphatic carbocycles. The Bertz CT molecular complexity index is 298. The lowest BCUT2D eigenvalue weighted by Gasteiger charge is -2.44. The molecule has 4 heteroatoms. The fraction of sp³-hybridized carbons (Fsp3) is 0.556. The van der Waals surface area contributed by atoms with Crippen LogP contribution in [0.1, 0.15) is 13.8 Å². The van der Waals surface area contributed by atoms with Crippen molar-refractivity contribution in [2.24, 2.45) is 5.92 Å². The van der Waals surface area contributed by atoms with Gasteiger partial charge >= 0.3 is 0 Å². The maximum Gasteiger partial charge on any atom is 0.225 e. The minimum Gasteiger partial charge on any atom is -0.337 e. The second-order valence-electron chi connectivity index (χ2n) is 3.57. The number of hydrogen-bond donors (Lipinski definition) is 0. The summed E-state index contributed by atoms with van der Waals surface area (Å²) < 4.78 is 12.5. The highest BCUT2D eigenvalue weighted by molar-refractivity contribution is 5.35. The molecule has 70 valence electrons. The monoisotopic (exact) mass is 181 g/mol. The number of hydrogen-bond acceptors (Lipinski definition) is 3. The zero-order valence-corrected chi connectivity index (χ0v) is 7.74. The summed E-state index contributed by atoms with van der Waals surface area (Å²) in [4.78, 5) is 9.92. The second-order valence-corrected chi connectivity index (χ2v) is 3.57. The molecule has 1 aromatic rings. The maximum atomic E-state index is 12.5. The Morgan fingerprint density at radius 3 is 2.46 bits per heavy atom. The molecule has 3 nitrogen and oxygen atoms in total. The molecule has 0 aromatic carbocycles. The van der Waals surface area contributed by atoms with Crippen LogP contribution in [0.15, 0.2) is 12.4 Å². The summed E-state index contributed by atoms with van der Waals surface area (Å²) in [6.07, 6.45) is 2.41. The van der Waals surface area contributed by atoms with Gasteiger partial charge in [-0.25, -0.2) is 14.4 Å². The molecule has 1 saturated heterocycles. The summed E-state index contributed by atoms with van der Waals surface area (Å²) >= 11 is 0. The Morgan fingerprint density at radius 2 is 2.00 bits per heavy atom. The third-order valence-corrected chi connectivity index (χ3v) is 2.66. The zero-order valence-electron chi connectivity index (χ0n) is 7.74. The first kappa shape index (κ1) is 8.41. The minimum absolute atomic E-state index is 0.384. The van der Waals surface area contributed by atoms with Gasteiger partial charge in [-0.2, -0.15) is 0 Å². The van der Waals surface area contributed by atoms with Crippen LogP contribution in [0.2, 0.25) is 0 Å². The molecule has 2 atom stereocenters. The van der Waals surface area contributed by atoms with Gasteiger partial charge < -0.3 is 4.90 Å². The molecule has 2 rings (SSSR count). The lowest BCUT2D eigenvalue weighted by atomic mass is 9.93. The first-order valence-corrected chi connectivity index (χ1v) is 4.42. The molecule has 0 radical (unpaired) electrons. The van der Waals surface area contributed by atoms with E-state index in [9.17, 15) is 4.39 Å². The molecule has 2 heterocycles. The Labute approximate surface area is 76.6 Å². The van der Waals surface area contributed by atoms with E-state index in [0.29, 0.717) is 17.9 Å². The quantitative estimate of drug-likeness (QED) is 0.656. The van der Waals surface area contributed by atoms with Gasteiger partial charge in [-0.15, -0.1) is 0 Å². The van der Waals surface area contributed by atoms with E-state index in [1.807, 2.05) is 0 Å². The fourth-order valence-electron chi connectivity index (χ4n) is 1.52. The van der Waals surface area contributed by atoms with Crippen LogP contribution >= 0.6 is 0 Å². The highest BCUT2D eigenvalue weighted by atomic mass is 19.1. The van der Waals surface area contributed by atoms with Gasteiger partial charge in [-0.3, -0.25) is 0 Å². The number of halogens is 1. The SMILES string of the molecule is CC1CN(c2ncc(F)cn2)C1C. The summed E-state index contributed by atoms with van der Waals surface area (Å²) in [5.74, 6) is 0.922. The van der Waals surface area contributed by atoms with Crippen LogP contribution in [0.3, 0.4) is 0 Å². The van der Waals surface area contributed by atoms with E-state index in [0.717, 1.165) is 6.54 Å². The van der Waals surface area contributed by atoms with Crippen molar-refractivity contribution in [2.45, 2.75) is 19.9 Å². The van der Waals surface area contributed by atoms with Crippen LogP contribution in [-0.4, -0.2) is 22.6 Å². The number of anilines is 1. The Balaban J connectivity index is 2.14. The summed E-state index contributed by atoms with van der Waals surface area (Å²) in [5, 5.41) is 0. The summed E-state index contributed by atoms with van der Waals surface area (Å²) in [7, 11) is 0. The molecular formula is C9H12FN3. The lowest BCUT2D eigenvalue weighted by molar-refractivity contribution is 0.333. The molecule has 0 N–H and O–H groups in total. The predicted molar refractivity (Wildman–Crippen MR) is 48.0 cm³/mol. The second kappa shape index (κ2) is 2.94. The molecule has 0 amide bonds.